The van der Waals surface area contributed by atoms with E-state index >= 15 is 0 Å². The van der Waals surface area contributed by atoms with Crippen molar-refractivity contribution in [1.82, 2.24) is 0 Å². The third-order valence-corrected chi connectivity index (χ3v) is 12.9. The monoisotopic (exact) mass is 412 g/mol. The molecule has 0 unspecified atom stereocenters. The van der Waals surface area contributed by atoms with Crippen molar-refractivity contribution in [2.45, 2.75) is 110 Å². The normalized spacial score (nSPS) is 33.2. The topological polar surface area (TPSA) is 55.8 Å². The summed E-state index contributed by atoms with van der Waals surface area (Å²) in [6, 6.07) is 0. The summed E-state index contributed by atoms with van der Waals surface area (Å²) in [6.07, 6.45) is 7.01. The van der Waals surface area contributed by atoms with Crippen LogP contribution >= 0.6 is 0 Å². The van der Waals surface area contributed by atoms with Gasteiger partial charge in [0.2, 0.25) is 0 Å². The Bertz CT molecular complexity index is 541. The number of hydrogen-bond donors (Lipinski definition) is 1. The van der Waals surface area contributed by atoms with E-state index < -0.39 is 20.4 Å². The number of methoxy groups -OCH3 is 1. The first kappa shape index (κ1) is 23.9. The summed E-state index contributed by atoms with van der Waals surface area (Å²) in [6.45, 7) is 16.5. The second-order valence-electron chi connectivity index (χ2n) is 11.2. The lowest BCUT2D eigenvalue weighted by Gasteiger charge is -2.50. The molecular formula is C23H44O4Si. The van der Waals surface area contributed by atoms with Gasteiger partial charge in [0.1, 0.15) is 0 Å². The number of carbonyl (C=O) groups excluding carboxylic acids is 1. The maximum atomic E-state index is 11.5. The van der Waals surface area contributed by atoms with E-state index in [1.54, 1.807) is 0 Å². The summed E-state index contributed by atoms with van der Waals surface area (Å²) in [4.78, 5) is 11.5. The fourth-order valence-corrected chi connectivity index (χ4v) is 7.06. The van der Waals surface area contributed by atoms with E-state index in [4.69, 9.17) is 4.43 Å². The predicted octanol–water partition coefficient (Wildman–Crippen LogP) is 5.54. The zero-order valence-corrected chi connectivity index (χ0v) is 20.5. The Kier molecular flexibility index (Phi) is 7.48. The van der Waals surface area contributed by atoms with E-state index in [1.165, 1.54) is 39.2 Å². The molecule has 5 heteroatoms. The van der Waals surface area contributed by atoms with Gasteiger partial charge in [-0.15, -0.1) is 0 Å². The van der Waals surface area contributed by atoms with Gasteiger partial charge >= 0.3 is 5.97 Å². The molecule has 2 aliphatic rings. The lowest BCUT2D eigenvalue weighted by Crippen LogP contribution is -2.50. The van der Waals surface area contributed by atoms with E-state index in [0.29, 0.717) is 35.7 Å². The number of esters is 1. The van der Waals surface area contributed by atoms with Gasteiger partial charge < -0.3 is 14.3 Å². The minimum atomic E-state index is -1.77. The largest absolute Gasteiger partial charge is 0.467 e. The molecule has 0 amide bonds. The standard InChI is InChI=1S/C23H44O4Si/c1-16(11-14-19(24)21(25)26-6)17-12-13-18-20(10-9-15-23(17,18)5)27-28(7,8)22(2,3)4/h16-20,24H,9-15H2,1-8H3/t16-,17-,18+,19-,20+,23-/m1/s1. The van der Waals surface area contributed by atoms with Gasteiger partial charge in [0.15, 0.2) is 14.4 Å². The van der Waals surface area contributed by atoms with Crippen LogP contribution in [0, 0.1) is 23.2 Å². The molecule has 0 aromatic carbocycles. The van der Waals surface area contributed by atoms with Crippen LogP contribution in [0.5, 0.6) is 0 Å². The molecule has 0 aromatic rings. The van der Waals surface area contributed by atoms with E-state index in [-0.39, 0.29) is 5.04 Å². The second kappa shape index (κ2) is 8.77. The molecule has 0 aromatic heterocycles. The summed E-state index contributed by atoms with van der Waals surface area (Å²) in [5.41, 5.74) is 0.320. The van der Waals surface area contributed by atoms with Crippen LogP contribution in [0.2, 0.25) is 18.1 Å². The van der Waals surface area contributed by atoms with Crippen LogP contribution in [0.25, 0.3) is 0 Å². The highest BCUT2D eigenvalue weighted by Gasteiger charge is 2.54. The van der Waals surface area contributed by atoms with Crippen molar-refractivity contribution in [3.63, 3.8) is 0 Å². The molecule has 28 heavy (non-hydrogen) atoms. The van der Waals surface area contributed by atoms with Gasteiger partial charge in [-0.2, -0.15) is 0 Å². The Labute approximate surface area is 173 Å². The number of ether oxygens (including phenoxy) is 1. The minimum absolute atomic E-state index is 0.246. The second-order valence-corrected chi connectivity index (χ2v) is 16.0. The number of fused-ring (bicyclic) bond motifs is 1. The van der Waals surface area contributed by atoms with Crippen LogP contribution < -0.4 is 0 Å². The van der Waals surface area contributed by atoms with Gasteiger partial charge in [-0.05, 0) is 79.8 Å². The van der Waals surface area contributed by atoms with Crippen molar-refractivity contribution in [2.75, 3.05) is 7.11 Å². The molecule has 2 aliphatic carbocycles. The number of rotatable bonds is 7. The molecule has 164 valence electrons. The zero-order valence-electron chi connectivity index (χ0n) is 19.5. The Morgan fingerprint density at radius 2 is 1.86 bits per heavy atom. The first-order valence-electron chi connectivity index (χ1n) is 11.3. The highest BCUT2D eigenvalue weighted by Crippen LogP contribution is 2.59. The third-order valence-electron chi connectivity index (χ3n) is 8.44. The van der Waals surface area contributed by atoms with E-state index in [1.807, 2.05) is 0 Å². The summed E-state index contributed by atoms with van der Waals surface area (Å²) >= 11 is 0. The van der Waals surface area contributed by atoms with Crippen molar-refractivity contribution < 1.29 is 19.1 Å². The Morgan fingerprint density at radius 1 is 1.21 bits per heavy atom. The van der Waals surface area contributed by atoms with E-state index in [2.05, 4.69) is 52.4 Å². The highest BCUT2D eigenvalue weighted by molar-refractivity contribution is 6.74. The van der Waals surface area contributed by atoms with Crippen LogP contribution in [0.15, 0.2) is 0 Å². The predicted molar refractivity (Wildman–Crippen MR) is 117 cm³/mol. The molecule has 0 radical (unpaired) electrons. The van der Waals surface area contributed by atoms with Crippen molar-refractivity contribution in [3.05, 3.63) is 0 Å². The highest BCUT2D eigenvalue weighted by atomic mass is 28.4. The molecule has 0 spiro atoms. The van der Waals surface area contributed by atoms with Gasteiger partial charge in [-0.3, -0.25) is 0 Å². The van der Waals surface area contributed by atoms with Crippen LogP contribution in [0.3, 0.4) is 0 Å². The van der Waals surface area contributed by atoms with Crippen LogP contribution in [0.1, 0.15) is 79.6 Å². The molecule has 1 N–H and O–H groups in total. The molecule has 0 heterocycles. The average molecular weight is 413 g/mol. The summed E-state index contributed by atoms with van der Waals surface area (Å²) in [5.74, 6) is 1.28. The molecular weight excluding hydrogens is 368 g/mol. The number of carbonyl (C=O) groups is 1. The molecule has 2 fully saturated rings. The third kappa shape index (κ3) is 4.84. The van der Waals surface area contributed by atoms with Crippen molar-refractivity contribution in [2.24, 2.45) is 23.2 Å². The van der Waals surface area contributed by atoms with Crippen molar-refractivity contribution >= 4 is 14.3 Å². The molecule has 0 saturated heterocycles. The van der Waals surface area contributed by atoms with Crippen LogP contribution in [0.4, 0.5) is 0 Å². The number of aliphatic hydroxyl groups excluding tert-OH is 1. The zero-order chi connectivity index (χ0) is 21.3. The molecule has 6 atom stereocenters. The number of aliphatic hydroxyl groups is 1. The fourth-order valence-electron chi connectivity index (χ4n) is 5.67. The van der Waals surface area contributed by atoms with Gasteiger partial charge in [-0.1, -0.05) is 41.0 Å². The molecule has 0 aliphatic heterocycles. The molecule has 2 rings (SSSR count). The lowest BCUT2D eigenvalue weighted by molar-refractivity contribution is -0.150. The maximum absolute atomic E-state index is 11.5. The molecule has 2 saturated carbocycles. The molecule has 4 nitrogen and oxygen atoms in total. The smallest absolute Gasteiger partial charge is 0.334 e. The summed E-state index contributed by atoms with van der Waals surface area (Å²) in [7, 11) is -0.430. The van der Waals surface area contributed by atoms with Gasteiger partial charge in [-0.25, -0.2) is 4.79 Å². The fraction of sp³-hybridized carbons (Fsp3) is 0.957. The Balaban J connectivity index is 2.05. The van der Waals surface area contributed by atoms with Gasteiger partial charge in [0.05, 0.1) is 7.11 Å². The Morgan fingerprint density at radius 3 is 2.43 bits per heavy atom. The van der Waals surface area contributed by atoms with Gasteiger partial charge in [0.25, 0.3) is 0 Å². The summed E-state index contributed by atoms with van der Waals surface area (Å²) < 4.78 is 11.6. The number of hydrogen-bond acceptors (Lipinski definition) is 4. The first-order valence-corrected chi connectivity index (χ1v) is 14.2. The Hall–Kier alpha value is -0.393. The van der Waals surface area contributed by atoms with Gasteiger partial charge in [0, 0.05) is 6.10 Å². The summed E-state index contributed by atoms with van der Waals surface area (Å²) in [5, 5.41) is 10.2. The molecule has 0 bridgehead atoms. The SMILES string of the molecule is COC(=O)[C@H](O)CC[C@@H](C)[C@H]1CC[C@H]2[C@@H](O[Si](C)(C)C(C)(C)C)CCC[C@]12C. The van der Waals surface area contributed by atoms with Crippen molar-refractivity contribution in [1.29, 1.82) is 0 Å². The quantitative estimate of drug-likeness (QED) is 0.440. The first-order chi connectivity index (χ1) is 12.8. The minimum Gasteiger partial charge on any atom is -0.467 e. The van der Waals surface area contributed by atoms with E-state index in [0.717, 1.165) is 6.42 Å². The van der Waals surface area contributed by atoms with E-state index in [9.17, 15) is 9.90 Å². The lowest BCUT2D eigenvalue weighted by atomic mass is 9.61. The average Bonchev–Trinajstić information content (AvgIpc) is 2.95. The van der Waals surface area contributed by atoms with Crippen LogP contribution in [-0.2, 0) is 14.0 Å². The van der Waals surface area contributed by atoms with Crippen molar-refractivity contribution in [3.8, 4) is 0 Å². The maximum Gasteiger partial charge on any atom is 0.334 e. The van der Waals surface area contributed by atoms with Crippen LogP contribution in [-0.4, -0.2) is 38.7 Å².